The van der Waals surface area contributed by atoms with Crippen molar-refractivity contribution in [2.75, 3.05) is 31.1 Å². The second-order valence-corrected chi connectivity index (χ2v) is 14.0. The Balaban J connectivity index is 1.16. The third kappa shape index (κ3) is 5.64. The number of anilines is 1. The fourth-order valence-corrected chi connectivity index (χ4v) is 9.00. The quantitative estimate of drug-likeness (QED) is 0.201. The van der Waals surface area contributed by atoms with Crippen LogP contribution in [0, 0.1) is 22.5 Å². The monoisotopic (exact) mass is 648 g/mol. The molecule has 0 radical (unpaired) electrons. The predicted molar refractivity (Wildman–Crippen MR) is 166 cm³/mol. The van der Waals surface area contributed by atoms with Crippen LogP contribution in [0.25, 0.3) is 0 Å². The first-order valence-electron chi connectivity index (χ1n) is 14.9. The molecule has 4 aliphatic carbocycles. The zero-order valence-corrected chi connectivity index (χ0v) is 25.9. The van der Waals surface area contributed by atoms with Crippen LogP contribution in [0.15, 0.2) is 47.6 Å². The van der Waals surface area contributed by atoms with Gasteiger partial charge in [-0.3, -0.25) is 4.90 Å². The van der Waals surface area contributed by atoms with Gasteiger partial charge in [-0.1, -0.05) is 35.3 Å². The highest BCUT2D eigenvalue weighted by molar-refractivity contribution is 7.71. The van der Waals surface area contributed by atoms with Crippen LogP contribution >= 0.6 is 35.4 Å². The molecule has 0 spiro atoms. The van der Waals surface area contributed by atoms with Gasteiger partial charge in [0.05, 0.1) is 28.5 Å². The lowest BCUT2D eigenvalue weighted by Crippen LogP contribution is -2.49. The second kappa shape index (κ2) is 11.2. The van der Waals surface area contributed by atoms with Gasteiger partial charge in [-0.25, -0.2) is 4.68 Å². The van der Waals surface area contributed by atoms with Gasteiger partial charge < -0.3 is 4.90 Å². The third-order valence-electron chi connectivity index (χ3n) is 9.88. The number of halogens is 5. The van der Waals surface area contributed by atoms with Crippen molar-refractivity contribution in [3.8, 4) is 0 Å². The lowest BCUT2D eigenvalue weighted by Gasteiger charge is -2.55. The van der Waals surface area contributed by atoms with Gasteiger partial charge >= 0.3 is 6.18 Å². The van der Waals surface area contributed by atoms with Crippen LogP contribution in [0.1, 0.15) is 55.5 Å². The van der Waals surface area contributed by atoms with E-state index < -0.39 is 11.7 Å². The van der Waals surface area contributed by atoms with Crippen LogP contribution in [-0.2, 0) is 18.3 Å². The minimum absolute atomic E-state index is 0.0443. The Morgan fingerprint density at radius 2 is 1.53 bits per heavy atom. The van der Waals surface area contributed by atoms with E-state index in [0.29, 0.717) is 58.9 Å². The summed E-state index contributed by atoms with van der Waals surface area (Å²) in [5.41, 5.74) is 0.562. The molecule has 12 heteroatoms. The van der Waals surface area contributed by atoms with Gasteiger partial charge in [-0.15, -0.1) is 0 Å². The van der Waals surface area contributed by atoms with E-state index in [-0.39, 0.29) is 5.41 Å². The molecule has 1 saturated heterocycles. The van der Waals surface area contributed by atoms with E-state index in [1.165, 1.54) is 31.4 Å². The molecule has 1 aromatic heterocycles. The second-order valence-electron chi connectivity index (χ2n) is 12.8. The molecule has 228 valence electrons. The molecule has 4 bridgehead atoms. The molecule has 5 aliphatic rings. The Morgan fingerprint density at radius 3 is 2.14 bits per heavy atom. The summed E-state index contributed by atoms with van der Waals surface area (Å²) >= 11 is 18.9. The van der Waals surface area contributed by atoms with Gasteiger partial charge in [-0.2, -0.15) is 28.0 Å². The van der Waals surface area contributed by atoms with Crippen molar-refractivity contribution in [1.82, 2.24) is 19.4 Å². The minimum atomic E-state index is -4.36. The topological polar surface area (TPSA) is 41.6 Å². The number of hydrogen-bond acceptors (Lipinski definition) is 5. The first-order valence-corrected chi connectivity index (χ1v) is 16.1. The molecular formula is C31H33Cl2F3N6S. The SMILES string of the molecule is FC(F)(F)c1cccc(N2CCN(Cn3nc(C45CC6CC(CC(C6)C4)C5)n(/N=C/c4c(Cl)cccc4Cl)c3=S)CC2)c1. The molecule has 5 fully saturated rings. The van der Waals surface area contributed by atoms with Gasteiger partial charge in [0.2, 0.25) is 4.77 Å². The fourth-order valence-electron chi connectivity index (χ4n) is 8.28. The average molecular weight is 650 g/mol. The highest BCUT2D eigenvalue weighted by Gasteiger charge is 2.54. The summed E-state index contributed by atoms with van der Waals surface area (Å²) in [4.78, 5) is 4.25. The van der Waals surface area contributed by atoms with Crippen LogP contribution in [0.4, 0.5) is 18.9 Å². The van der Waals surface area contributed by atoms with Crippen LogP contribution in [0.5, 0.6) is 0 Å². The molecule has 0 amide bonds. The van der Waals surface area contributed by atoms with Gasteiger partial charge in [-0.05, 0) is 98.8 Å². The summed E-state index contributed by atoms with van der Waals surface area (Å²) in [7, 11) is 0. The normalized spacial score (nSPS) is 27.5. The van der Waals surface area contributed by atoms with E-state index >= 15 is 0 Å². The molecule has 3 aromatic rings. The van der Waals surface area contributed by atoms with Crippen LogP contribution in [0.3, 0.4) is 0 Å². The van der Waals surface area contributed by atoms with Crippen molar-refractivity contribution in [1.29, 1.82) is 0 Å². The number of nitrogens with zero attached hydrogens (tertiary/aromatic N) is 6. The van der Waals surface area contributed by atoms with Crippen molar-refractivity contribution < 1.29 is 13.2 Å². The number of rotatable bonds is 6. The summed E-state index contributed by atoms with van der Waals surface area (Å²) in [5, 5.41) is 11.1. The van der Waals surface area contributed by atoms with E-state index in [9.17, 15) is 13.2 Å². The largest absolute Gasteiger partial charge is 0.416 e. The third-order valence-corrected chi connectivity index (χ3v) is 10.9. The Bertz CT molecular complexity index is 1550. The number of aromatic nitrogens is 3. The average Bonchev–Trinajstić information content (AvgIpc) is 3.27. The number of benzene rings is 2. The smallest absolute Gasteiger partial charge is 0.369 e. The van der Waals surface area contributed by atoms with Crippen LogP contribution in [-0.4, -0.2) is 51.8 Å². The van der Waals surface area contributed by atoms with Gasteiger partial charge in [0, 0.05) is 42.8 Å². The summed E-state index contributed by atoms with van der Waals surface area (Å²) in [6, 6.07) is 10.9. The molecule has 6 nitrogen and oxygen atoms in total. The maximum atomic E-state index is 13.3. The standard InChI is InChI=1S/C31H33Cl2F3N6S/c32-26-5-2-6-27(33)25(26)18-37-42-28(30-15-20-11-21(16-30)13-22(12-20)17-30)38-41(29(42)43)19-39-7-9-40(10-8-39)24-4-1-3-23(14-24)31(34,35)36/h1-6,14,18,20-22H,7-13,15-17,19H2/b37-18+. The molecule has 43 heavy (non-hydrogen) atoms. The Kier molecular flexibility index (Phi) is 7.63. The lowest BCUT2D eigenvalue weighted by molar-refractivity contribution is -0.137. The molecular weight excluding hydrogens is 616 g/mol. The lowest BCUT2D eigenvalue weighted by atomic mass is 9.49. The van der Waals surface area contributed by atoms with E-state index in [1.807, 2.05) is 14.3 Å². The van der Waals surface area contributed by atoms with E-state index in [2.05, 4.69) is 4.90 Å². The summed E-state index contributed by atoms with van der Waals surface area (Å²) in [5.74, 6) is 3.11. The summed E-state index contributed by atoms with van der Waals surface area (Å²) in [6.45, 7) is 3.07. The van der Waals surface area contributed by atoms with Gasteiger partial charge in [0.1, 0.15) is 0 Å². The highest BCUT2D eigenvalue weighted by Crippen LogP contribution is 2.60. The fraction of sp³-hybridized carbons (Fsp3) is 0.516. The molecule has 2 aromatic carbocycles. The number of alkyl halides is 3. The van der Waals surface area contributed by atoms with Crippen molar-refractivity contribution in [2.45, 2.75) is 56.8 Å². The maximum absolute atomic E-state index is 13.3. The Morgan fingerprint density at radius 1 is 0.930 bits per heavy atom. The number of hydrogen-bond donors (Lipinski definition) is 0. The van der Waals surface area contributed by atoms with Crippen molar-refractivity contribution >= 4 is 47.3 Å². The van der Waals surface area contributed by atoms with Crippen LogP contribution in [0.2, 0.25) is 10.0 Å². The van der Waals surface area contributed by atoms with Crippen LogP contribution < -0.4 is 4.90 Å². The van der Waals surface area contributed by atoms with E-state index in [0.717, 1.165) is 48.9 Å². The summed E-state index contributed by atoms with van der Waals surface area (Å²) < 4.78 is 44.0. The van der Waals surface area contributed by atoms with E-state index in [4.69, 9.17) is 45.6 Å². The predicted octanol–water partition coefficient (Wildman–Crippen LogP) is 7.87. The molecule has 2 heterocycles. The maximum Gasteiger partial charge on any atom is 0.416 e. The van der Waals surface area contributed by atoms with E-state index in [1.54, 1.807) is 30.5 Å². The summed E-state index contributed by atoms with van der Waals surface area (Å²) in [6.07, 6.45) is 4.61. The zero-order valence-electron chi connectivity index (χ0n) is 23.6. The molecule has 8 rings (SSSR count). The van der Waals surface area contributed by atoms with Gasteiger partial charge in [0.25, 0.3) is 0 Å². The van der Waals surface area contributed by atoms with Crippen molar-refractivity contribution in [2.24, 2.45) is 22.9 Å². The minimum Gasteiger partial charge on any atom is -0.369 e. The molecule has 4 saturated carbocycles. The molecule has 0 unspecified atom stereocenters. The first-order chi connectivity index (χ1) is 20.6. The Labute approximate surface area is 264 Å². The van der Waals surface area contributed by atoms with Crippen molar-refractivity contribution in [3.63, 3.8) is 0 Å². The first kappa shape index (κ1) is 29.3. The zero-order chi connectivity index (χ0) is 29.9. The highest BCUT2D eigenvalue weighted by atomic mass is 35.5. The Hall–Kier alpha value is -2.40. The van der Waals surface area contributed by atoms with Gasteiger partial charge in [0.15, 0.2) is 5.82 Å². The van der Waals surface area contributed by atoms with Crippen molar-refractivity contribution in [3.05, 3.63) is 74.2 Å². The molecule has 0 N–H and O–H groups in total. The molecule has 1 aliphatic heterocycles. The number of piperazine rings is 1. The molecule has 0 atom stereocenters.